The first-order valence-corrected chi connectivity index (χ1v) is 5.82. The fourth-order valence-electron chi connectivity index (χ4n) is 0.939. The van der Waals surface area contributed by atoms with E-state index < -0.39 is 14.3 Å². The van der Waals surface area contributed by atoms with Crippen LogP contribution in [0.3, 0.4) is 0 Å². The Hall–Kier alpha value is -0.520. The molecule has 0 radical (unpaired) electrons. The van der Waals surface area contributed by atoms with E-state index in [4.69, 9.17) is 22.3 Å². The number of aromatic nitrogens is 1. The second kappa shape index (κ2) is 3.32. The maximum Gasteiger partial charge on any atom is 0.270 e. The quantitative estimate of drug-likeness (QED) is 0.735. The van der Waals surface area contributed by atoms with E-state index in [1.165, 1.54) is 23.9 Å². The molecule has 0 aliphatic carbocycles. The van der Waals surface area contributed by atoms with Crippen LogP contribution >= 0.6 is 22.3 Å². The zero-order chi connectivity index (χ0) is 10.2. The minimum absolute atomic E-state index is 0.128. The fraction of sp³-hybridized carbons (Fsp3) is 0.167. The van der Waals surface area contributed by atoms with E-state index in [0.29, 0.717) is 0 Å². The number of carbonyl (C=O) groups excluding carboxylic acids is 1. The maximum atomic E-state index is 10.9. The van der Waals surface area contributed by atoms with Crippen LogP contribution in [0.2, 0.25) is 0 Å². The van der Waals surface area contributed by atoms with E-state index in [1.54, 1.807) is 0 Å². The van der Waals surface area contributed by atoms with Crippen LogP contribution in [0.1, 0.15) is 10.5 Å². The molecule has 0 atom stereocenters. The molecule has 1 aromatic rings. The second-order valence-corrected chi connectivity index (χ2v) is 5.23. The van der Waals surface area contributed by atoms with Crippen molar-refractivity contribution in [1.29, 1.82) is 0 Å². The van der Waals surface area contributed by atoms with Crippen molar-refractivity contribution in [2.24, 2.45) is 7.05 Å². The predicted molar refractivity (Wildman–Crippen MR) is 48.6 cm³/mol. The molecule has 0 spiro atoms. The molecule has 13 heavy (non-hydrogen) atoms. The van der Waals surface area contributed by atoms with Gasteiger partial charge in [0.1, 0.15) is 10.6 Å². The molecule has 0 saturated carbocycles. The monoisotopic (exact) mass is 241 g/mol. The number of nitrogens with zero attached hydrogens (tertiary/aromatic N) is 1. The summed E-state index contributed by atoms with van der Waals surface area (Å²) in [5, 5.41) is -0.855. The normalized spacial score (nSPS) is 11.6. The molecule has 0 aliphatic rings. The van der Waals surface area contributed by atoms with Crippen LogP contribution < -0.4 is 0 Å². The van der Waals surface area contributed by atoms with Gasteiger partial charge in [0.2, 0.25) is 0 Å². The number of hydrogen-bond acceptors (Lipinski definition) is 3. The number of carbonyl (C=O) groups is 1. The van der Waals surface area contributed by atoms with Gasteiger partial charge < -0.3 is 4.57 Å². The Balaban J connectivity index is 3.49. The Kier molecular flexibility index (Phi) is 2.70. The average Bonchev–Trinajstić information content (AvgIpc) is 2.28. The van der Waals surface area contributed by atoms with Crippen molar-refractivity contribution in [1.82, 2.24) is 4.57 Å². The van der Waals surface area contributed by atoms with E-state index in [1.807, 2.05) is 0 Å². The third-order valence-electron chi connectivity index (χ3n) is 1.48. The predicted octanol–water partition coefficient (Wildman–Crippen LogP) is 1.33. The fourth-order valence-corrected chi connectivity index (χ4v) is 2.29. The average molecular weight is 242 g/mol. The molecule has 1 rings (SSSR count). The summed E-state index contributed by atoms with van der Waals surface area (Å²) < 4.78 is 23.1. The molecule has 4 nitrogen and oxygen atoms in total. The molecule has 0 N–H and O–H groups in total. The second-order valence-electron chi connectivity index (χ2n) is 2.35. The first-order chi connectivity index (χ1) is 5.84. The highest BCUT2D eigenvalue weighted by molar-refractivity contribution is 8.13. The van der Waals surface area contributed by atoms with Crippen LogP contribution in [0.25, 0.3) is 0 Å². The number of rotatable bonds is 2. The maximum absolute atomic E-state index is 10.9. The van der Waals surface area contributed by atoms with Crippen LogP contribution in [0.4, 0.5) is 0 Å². The van der Waals surface area contributed by atoms with Crippen LogP contribution in [0.5, 0.6) is 0 Å². The third-order valence-corrected chi connectivity index (χ3v) is 3.02. The first kappa shape index (κ1) is 10.6. The molecule has 0 aliphatic heterocycles. The van der Waals surface area contributed by atoms with E-state index in [-0.39, 0.29) is 10.6 Å². The molecular weight excluding hydrogens is 237 g/mol. The van der Waals surface area contributed by atoms with Gasteiger partial charge in [-0.25, -0.2) is 8.42 Å². The van der Waals surface area contributed by atoms with Gasteiger partial charge in [0, 0.05) is 23.9 Å². The molecule has 1 aromatic heterocycles. The summed E-state index contributed by atoms with van der Waals surface area (Å²) in [5.74, 6) is 0. The molecular formula is C6H5Cl2NO3S. The van der Waals surface area contributed by atoms with Crippen LogP contribution in [-0.4, -0.2) is 18.2 Å². The van der Waals surface area contributed by atoms with Crippen molar-refractivity contribution >= 4 is 36.6 Å². The Morgan fingerprint density at radius 2 is 2.08 bits per heavy atom. The lowest BCUT2D eigenvalue weighted by atomic mass is 10.5. The summed E-state index contributed by atoms with van der Waals surface area (Å²) in [7, 11) is 2.66. The largest absolute Gasteiger partial charge is 0.346 e. The van der Waals surface area contributed by atoms with Crippen molar-refractivity contribution in [3.05, 3.63) is 18.0 Å². The van der Waals surface area contributed by atoms with Crippen molar-refractivity contribution in [2.45, 2.75) is 4.90 Å². The van der Waals surface area contributed by atoms with Gasteiger partial charge in [-0.05, 0) is 17.7 Å². The van der Waals surface area contributed by atoms with Crippen molar-refractivity contribution in [3.63, 3.8) is 0 Å². The number of aryl methyl sites for hydroxylation is 1. The number of hydrogen-bond donors (Lipinski definition) is 0. The van der Waals surface area contributed by atoms with Gasteiger partial charge in [0.25, 0.3) is 14.3 Å². The highest BCUT2D eigenvalue weighted by atomic mass is 35.7. The molecule has 1 heterocycles. The van der Waals surface area contributed by atoms with Gasteiger partial charge in [-0.3, -0.25) is 4.79 Å². The van der Waals surface area contributed by atoms with E-state index in [9.17, 15) is 13.2 Å². The summed E-state index contributed by atoms with van der Waals surface area (Å²) in [5.41, 5.74) is -0.128. The standard InChI is InChI=1S/C6H5Cl2NO3S/c1-9-3-2-4(13(8,11)12)5(9)6(7)10/h2-3H,1H3. The molecule has 0 bridgehead atoms. The number of halogens is 2. The topological polar surface area (TPSA) is 56.1 Å². The minimum Gasteiger partial charge on any atom is -0.346 e. The lowest BCUT2D eigenvalue weighted by molar-refractivity contribution is 0.107. The Morgan fingerprint density at radius 1 is 1.54 bits per heavy atom. The molecule has 0 aromatic carbocycles. The van der Waals surface area contributed by atoms with E-state index in [2.05, 4.69) is 0 Å². The van der Waals surface area contributed by atoms with Crippen molar-refractivity contribution < 1.29 is 13.2 Å². The zero-order valence-electron chi connectivity index (χ0n) is 6.49. The van der Waals surface area contributed by atoms with Gasteiger partial charge in [0.05, 0.1) is 0 Å². The summed E-state index contributed by atoms with van der Waals surface area (Å²) in [6.45, 7) is 0. The van der Waals surface area contributed by atoms with Gasteiger partial charge >= 0.3 is 0 Å². The summed E-state index contributed by atoms with van der Waals surface area (Å²) in [6, 6.07) is 1.22. The van der Waals surface area contributed by atoms with Crippen molar-refractivity contribution in [3.8, 4) is 0 Å². The van der Waals surface area contributed by atoms with Gasteiger partial charge in [-0.1, -0.05) is 0 Å². The summed E-state index contributed by atoms with van der Waals surface area (Å²) >= 11 is 5.18. The van der Waals surface area contributed by atoms with E-state index in [0.717, 1.165) is 0 Å². The van der Waals surface area contributed by atoms with Crippen LogP contribution in [0.15, 0.2) is 17.2 Å². The molecule has 72 valence electrons. The zero-order valence-corrected chi connectivity index (χ0v) is 8.82. The first-order valence-electron chi connectivity index (χ1n) is 3.14. The highest BCUT2D eigenvalue weighted by Crippen LogP contribution is 2.21. The Morgan fingerprint density at radius 3 is 2.38 bits per heavy atom. The highest BCUT2D eigenvalue weighted by Gasteiger charge is 2.22. The molecule has 7 heteroatoms. The lowest BCUT2D eigenvalue weighted by Crippen LogP contribution is -2.04. The van der Waals surface area contributed by atoms with Gasteiger partial charge in [-0.2, -0.15) is 0 Å². The molecule has 0 amide bonds. The lowest BCUT2D eigenvalue weighted by Gasteiger charge is -1.98. The third kappa shape index (κ3) is 2.04. The van der Waals surface area contributed by atoms with E-state index >= 15 is 0 Å². The minimum atomic E-state index is -3.91. The molecule has 0 unspecified atom stereocenters. The Bertz CT molecular complexity index is 448. The summed E-state index contributed by atoms with van der Waals surface area (Å²) in [6.07, 6.45) is 1.39. The SMILES string of the molecule is Cn1ccc(S(=O)(=O)Cl)c1C(=O)Cl. The van der Waals surface area contributed by atoms with Crippen molar-refractivity contribution in [2.75, 3.05) is 0 Å². The Labute approximate surface area is 84.5 Å². The smallest absolute Gasteiger partial charge is 0.270 e. The molecule has 0 fully saturated rings. The molecule has 0 saturated heterocycles. The van der Waals surface area contributed by atoms with Crippen LogP contribution in [-0.2, 0) is 16.1 Å². The van der Waals surface area contributed by atoms with Crippen LogP contribution in [0, 0.1) is 0 Å². The van der Waals surface area contributed by atoms with Gasteiger partial charge in [-0.15, -0.1) is 0 Å². The summed E-state index contributed by atoms with van der Waals surface area (Å²) in [4.78, 5) is 10.5. The van der Waals surface area contributed by atoms with Gasteiger partial charge in [0.15, 0.2) is 0 Å².